The molecule has 0 aliphatic carbocycles. The van der Waals surface area contributed by atoms with Crippen LogP contribution in [0.4, 0.5) is 0 Å². The zero-order valence-corrected chi connectivity index (χ0v) is 17.6. The van der Waals surface area contributed by atoms with Crippen LogP contribution in [0.2, 0.25) is 0 Å². The topological polar surface area (TPSA) is 49.2 Å². The van der Waals surface area contributed by atoms with Crippen LogP contribution in [0.15, 0.2) is 53.0 Å². The smallest absolute Gasteiger partial charge is 0.169 e. The maximum atomic E-state index is 5.59. The summed E-state index contributed by atoms with van der Waals surface area (Å²) in [6.45, 7) is 2.57. The minimum Gasteiger partial charge on any atom is -0.493 e. The van der Waals surface area contributed by atoms with Gasteiger partial charge in [0.2, 0.25) is 0 Å². The van der Waals surface area contributed by atoms with Crippen LogP contribution in [-0.4, -0.2) is 28.3 Å². The van der Waals surface area contributed by atoms with Gasteiger partial charge in [0.25, 0.3) is 0 Å². The molecule has 2 heterocycles. The van der Waals surface area contributed by atoms with Gasteiger partial charge >= 0.3 is 0 Å². The lowest BCUT2D eigenvalue weighted by Gasteiger charge is -2.09. The summed E-state index contributed by atoms with van der Waals surface area (Å²) in [7, 11) is 3.71. The van der Waals surface area contributed by atoms with Crippen molar-refractivity contribution in [3.05, 3.63) is 53.5 Å². The van der Waals surface area contributed by atoms with E-state index >= 15 is 0 Å². The molecule has 0 fully saturated rings. The highest BCUT2D eigenvalue weighted by atomic mass is 32.2. The van der Waals surface area contributed by atoms with Gasteiger partial charge in [-0.15, -0.1) is 11.3 Å². The van der Waals surface area contributed by atoms with Gasteiger partial charge in [0.1, 0.15) is 5.01 Å². The molecule has 0 radical (unpaired) electrons. The Morgan fingerprint density at radius 3 is 2.75 bits per heavy atom. The molecule has 0 N–H and O–H groups in total. The van der Waals surface area contributed by atoms with Crippen LogP contribution >= 0.6 is 23.1 Å². The number of ether oxygens (including phenoxy) is 2. The Morgan fingerprint density at radius 2 is 1.96 bits per heavy atom. The molecule has 0 saturated carbocycles. The molecule has 28 heavy (non-hydrogen) atoms. The number of thiazole rings is 1. The third-order valence-electron chi connectivity index (χ3n) is 4.36. The second kappa shape index (κ2) is 8.24. The molecule has 0 saturated heterocycles. The van der Waals surface area contributed by atoms with Crippen molar-refractivity contribution in [2.24, 2.45) is 7.05 Å². The average molecular weight is 412 g/mol. The quantitative estimate of drug-likeness (QED) is 0.381. The van der Waals surface area contributed by atoms with E-state index < -0.39 is 0 Å². The Hall–Kier alpha value is -2.51. The highest BCUT2D eigenvalue weighted by Crippen LogP contribution is 2.34. The maximum Gasteiger partial charge on any atom is 0.169 e. The molecule has 0 atom stereocenters. The number of fused-ring (bicyclic) bond motifs is 1. The Bertz CT molecular complexity index is 1100. The summed E-state index contributed by atoms with van der Waals surface area (Å²) in [6, 6.07) is 14.1. The van der Waals surface area contributed by atoms with Crippen molar-refractivity contribution in [3.8, 4) is 22.1 Å². The van der Waals surface area contributed by atoms with E-state index in [1.54, 1.807) is 30.2 Å². The highest BCUT2D eigenvalue weighted by Gasteiger charge is 2.12. The molecule has 5 nitrogen and oxygen atoms in total. The molecule has 0 bridgehead atoms. The number of methoxy groups -OCH3 is 1. The third-order valence-corrected chi connectivity index (χ3v) is 6.36. The predicted octanol–water partition coefficient (Wildman–Crippen LogP) is 5.40. The van der Waals surface area contributed by atoms with Crippen LogP contribution < -0.4 is 9.47 Å². The Morgan fingerprint density at radius 1 is 1.11 bits per heavy atom. The molecular formula is C21H21N3O2S2. The number of aryl methyl sites for hydroxylation is 1. The number of rotatable bonds is 7. The zero-order chi connectivity index (χ0) is 19.5. The number of aromatic nitrogens is 3. The minimum atomic E-state index is 0.608. The van der Waals surface area contributed by atoms with Crippen molar-refractivity contribution in [1.82, 2.24) is 14.5 Å². The largest absolute Gasteiger partial charge is 0.493 e. The molecule has 4 rings (SSSR count). The van der Waals surface area contributed by atoms with E-state index in [-0.39, 0.29) is 0 Å². The van der Waals surface area contributed by atoms with Gasteiger partial charge in [-0.3, -0.25) is 0 Å². The van der Waals surface area contributed by atoms with E-state index in [0.717, 1.165) is 49.7 Å². The Labute approximate surface area is 172 Å². The summed E-state index contributed by atoms with van der Waals surface area (Å²) in [5.41, 5.74) is 4.24. The molecule has 7 heteroatoms. The summed E-state index contributed by atoms with van der Waals surface area (Å²) in [4.78, 5) is 9.51. The van der Waals surface area contributed by atoms with Gasteiger partial charge in [0, 0.05) is 23.7 Å². The first-order chi connectivity index (χ1) is 13.7. The monoisotopic (exact) mass is 411 g/mol. The maximum absolute atomic E-state index is 5.59. The number of nitrogens with zero attached hydrogens (tertiary/aromatic N) is 3. The summed E-state index contributed by atoms with van der Waals surface area (Å²) in [6.07, 6.45) is 0. The van der Waals surface area contributed by atoms with Gasteiger partial charge in [-0.25, -0.2) is 9.97 Å². The number of hydrogen-bond acceptors (Lipinski definition) is 6. The fraction of sp³-hybridized carbons (Fsp3) is 0.238. The van der Waals surface area contributed by atoms with Gasteiger partial charge in [-0.1, -0.05) is 23.9 Å². The number of thioether (sulfide) groups is 1. The lowest BCUT2D eigenvalue weighted by Crippen LogP contribution is -1.95. The SMILES string of the molecule is CCOc1ccc(-c2nc(CSc3nc4ccccc4n3C)cs2)cc1OC. The van der Waals surface area contributed by atoms with Crippen LogP contribution in [0.1, 0.15) is 12.6 Å². The van der Waals surface area contributed by atoms with E-state index in [1.807, 2.05) is 43.3 Å². The summed E-state index contributed by atoms with van der Waals surface area (Å²) in [5.74, 6) is 2.26. The average Bonchev–Trinajstić information content (AvgIpc) is 3.32. The lowest BCUT2D eigenvalue weighted by molar-refractivity contribution is 0.311. The van der Waals surface area contributed by atoms with Crippen molar-refractivity contribution in [2.45, 2.75) is 17.8 Å². The van der Waals surface area contributed by atoms with Crippen LogP contribution in [0.3, 0.4) is 0 Å². The molecule has 0 amide bonds. The van der Waals surface area contributed by atoms with Gasteiger partial charge in [0.05, 0.1) is 30.4 Å². The first-order valence-electron chi connectivity index (χ1n) is 8.99. The summed E-state index contributed by atoms with van der Waals surface area (Å²) >= 11 is 3.34. The molecule has 0 aliphatic rings. The van der Waals surface area contributed by atoms with E-state index in [9.17, 15) is 0 Å². The van der Waals surface area contributed by atoms with E-state index in [1.165, 1.54) is 0 Å². The molecule has 2 aromatic carbocycles. The molecule has 0 unspecified atom stereocenters. The van der Waals surface area contributed by atoms with Crippen molar-refractivity contribution in [1.29, 1.82) is 0 Å². The van der Waals surface area contributed by atoms with Crippen LogP contribution in [0.25, 0.3) is 21.6 Å². The van der Waals surface area contributed by atoms with E-state index in [0.29, 0.717) is 6.61 Å². The number of para-hydroxylation sites is 2. The summed E-state index contributed by atoms with van der Waals surface area (Å²) in [5, 5.41) is 4.08. The molecule has 0 spiro atoms. The fourth-order valence-electron chi connectivity index (χ4n) is 2.97. The van der Waals surface area contributed by atoms with E-state index in [2.05, 4.69) is 23.1 Å². The highest BCUT2D eigenvalue weighted by molar-refractivity contribution is 7.98. The molecule has 144 valence electrons. The van der Waals surface area contributed by atoms with Gasteiger partial charge < -0.3 is 14.0 Å². The Balaban J connectivity index is 1.50. The van der Waals surface area contributed by atoms with Gasteiger partial charge in [-0.05, 0) is 37.3 Å². The fourth-order valence-corrected chi connectivity index (χ4v) is 4.77. The van der Waals surface area contributed by atoms with E-state index in [4.69, 9.17) is 19.4 Å². The second-order valence-corrected chi connectivity index (χ2v) is 7.97. The standard InChI is InChI=1S/C21H21N3O2S2/c1-4-26-18-10-9-14(11-19(18)25-3)20-22-15(12-27-20)13-28-21-23-16-7-5-6-8-17(16)24(21)2/h5-12H,4,13H2,1-3H3. The Kier molecular flexibility index (Phi) is 5.54. The van der Waals surface area contributed by atoms with Crippen LogP contribution in [0, 0.1) is 0 Å². The van der Waals surface area contributed by atoms with Crippen LogP contribution in [-0.2, 0) is 12.8 Å². The second-order valence-electron chi connectivity index (χ2n) is 6.17. The van der Waals surface area contributed by atoms with Gasteiger partial charge in [0.15, 0.2) is 16.7 Å². The number of hydrogen-bond donors (Lipinski definition) is 0. The molecule has 2 aromatic heterocycles. The molecule has 4 aromatic rings. The summed E-state index contributed by atoms with van der Waals surface area (Å²) < 4.78 is 13.2. The van der Waals surface area contributed by atoms with Crippen molar-refractivity contribution in [3.63, 3.8) is 0 Å². The van der Waals surface area contributed by atoms with Crippen LogP contribution in [0.5, 0.6) is 11.5 Å². The van der Waals surface area contributed by atoms with Crippen molar-refractivity contribution in [2.75, 3.05) is 13.7 Å². The predicted molar refractivity (Wildman–Crippen MR) is 116 cm³/mol. The lowest BCUT2D eigenvalue weighted by atomic mass is 10.2. The van der Waals surface area contributed by atoms with Crippen molar-refractivity contribution >= 4 is 34.1 Å². The first kappa shape index (κ1) is 18.8. The molecule has 0 aliphatic heterocycles. The minimum absolute atomic E-state index is 0.608. The molecular weight excluding hydrogens is 390 g/mol. The van der Waals surface area contributed by atoms with Crippen molar-refractivity contribution < 1.29 is 9.47 Å². The number of benzene rings is 2. The normalized spacial score (nSPS) is 11.1. The van der Waals surface area contributed by atoms with Gasteiger partial charge in [-0.2, -0.15) is 0 Å². The number of imidazole rings is 1. The first-order valence-corrected chi connectivity index (χ1v) is 10.9. The third kappa shape index (κ3) is 3.72. The zero-order valence-electron chi connectivity index (χ0n) is 16.0.